The van der Waals surface area contributed by atoms with Crippen LogP contribution in [-0.2, 0) is 17.5 Å². The number of hydrogen-bond acceptors (Lipinski definition) is 7. The lowest BCUT2D eigenvalue weighted by Gasteiger charge is -2.29. The van der Waals surface area contributed by atoms with Gasteiger partial charge in [-0.25, -0.2) is 23.1 Å². The number of carbonyl (C=O) groups excluding carboxylic acids is 2. The van der Waals surface area contributed by atoms with Gasteiger partial charge in [-0.2, -0.15) is 18.3 Å². The lowest BCUT2D eigenvalue weighted by Crippen LogP contribution is -2.39. The molecule has 0 aliphatic heterocycles. The molecule has 1 unspecified atom stereocenters. The number of fused-ring (bicyclic) bond motifs is 1. The molecule has 3 heterocycles. The van der Waals surface area contributed by atoms with Crippen molar-refractivity contribution in [2.45, 2.75) is 78.2 Å². The van der Waals surface area contributed by atoms with Gasteiger partial charge in [-0.05, 0) is 57.7 Å². The van der Waals surface area contributed by atoms with Gasteiger partial charge >= 0.3 is 6.18 Å². The summed E-state index contributed by atoms with van der Waals surface area (Å²) < 4.78 is 83.2. The quantitative estimate of drug-likeness (QED) is 0.192. The van der Waals surface area contributed by atoms with E-state index in [1.807, 2.05) is 6.92 Å². The molecule has 0 saturated heterocycles. The van der Waals surface area contributed by atoms with Crippen LogP contribution in [0.5, 0.6) is 0 Å². The number of imidazole rings is 1. The van der Waals surface area contributed by atoms with Crippen molar-refractivity contribution in [3.63, 3.8) is 0 Å². The first-order valence-corrected chi connectivity index (χ1v) is 14.5. The van der Waals surface area contributed by atoms with Crippen LogP contribution in [0.1, 0.15) is 61.6 Å². The zero-order valence-electron chi connectivity index (χ0n) is 25.5. The van der Waals surface area contributed by atoms with E-state index in [0.717, 1.165) is 31.3 Å². The van der Waals surface area contributed by atoms with E-state index in [9.17, 15) is 35.9 Å². The highest BCUT2D eigenvalue weighted by Gasteiger charge is 2.38. The molecule has 1 fully saturated rings. The van der Waals surface area contributed by atoms with Crippen molar-refractivity contribution in [1.82, 2.24) is 29.5 Å². The Labute approximate surface area is 260 Å². The summed E-state index contributed by atoms with van der Waals surface area (Å²) in [5.41, 5.74) is 4.18. The summed E-state index contributed by atoms with van der Waals surface area (Å²) >= 11 is 0. The Morgan fingerprint density at radius 1 is 1.17 bits per heavy atom. The van der Waals surface area contributed by atoms with E-state index in [2.05, 4.69) is 25.7 Å². The summed E-state index contributed by atoms with van der Waals surface area (Å²) in [7, 11) is 0. The number of Topliss-reactive ketones (excluding diaryl/α,β-unsaturated/α-hetero) is 1. The zero-order valence-corrected chi connectivity index (χ0v) is 25.5. The third kappa shape index (κ3) is 7.84. The van der Waals surface area contributed by atoms with Crippen LogP contribution >= 0.6 is 0 Å². The zero-order chi connectivity index (χ0) is 33.9. The first-order valence-electron chi connectivity index (χ1n) is 14.5. The third-order valence-electron chi connectivity index (χ3n) is 7.58. The molecule has 1 amide bonds. The molecule has 248 valence electrons. The van der Waals surface area contributed by atoms with E-state index in [1.54, 1.807) is 20.8 Å². The maximum Gasteiger partial charge on any atom is 0.435 e. The molecule has 3 aromatic heterocycles. The van der Waals surface area contributed by atoms with E-state index in [-0.39, 0.29) is 34.5 Å². The molecule has 1 aliphatic rings. The largest absolute Gasteiger partial charge is 0.435 e. The summed E-state index contributed by atoms with van der Waals surface area (Å²) in [6, 6.07) is 2.79. The Kier molecular flexibility index (Phi) is 10.4. The Bertz CT molecular complexity index is 1690. The molecule has 4 N–H and O–H groups in total. The topological polar surface area (TPSA) is 132 Å². The van der Waals surface area contributed by atoms with Crippen molar-refractivity contribution in [1.29, 1.82) is 0 Å². The van der Waals surface area contributed by atoms with Gasteiger partial charge in [0.15, 0.2) is 17.2 Å². The minimum Gasteiger partial charge on any atom is -0.349 e. The summed E-state index contributed by atoms with van der Waals surface area (Å²) in [4.78, 5) is 31.3. The van der Waals surface area contributed by atoms with Crippen LogP contribution in [0.15, 0.2) is 36.9 Å². The number of anilines is 2. The second-order valence-electron chi connectivity index (χ2n) is 11.2. The number of aromatic nitrogens is 5. The summed E-state index contributed by atoms with van der Waals surface area (Å²) in [5, 5.41) is 8.90. The van der Waals surface area contributed by atoms with Gasteiger partial charge in [-0.15, -0.1) is 0 Å². The van der Waals surface area contributed by atoms with Crippen molar-refractivity contribution in [3.05, 3.63) is 59.6 Å². The number of ketones is 1. The molecule has 16 heteroatoms. The number of nitrogens with two attached hydrogens (primary N) is 1. The fraction of sp³-hybridized carbons (Fsp3) is 0.433. The molecule has 1 saturated carbocycles. The molecular weight excluding hydrogens is 618 g/mol. The van der Waals surface area contributed by atoms with Crippen LogP contribution in [-0.4, -0.2) is 54.3 Å². The van der Waals surface area contributed by atoms with Gasteiger partial charge in [0.05, 0.1) is 23.0 Å². The van der Waals surface area contributed by atoms with Crippen LogP contribution < -0.4 is 16.4 Å². The second-order valence-corrected chi connectivity index (χ2v) is 11.2. The lowest BCUT2D eigenvalue weighted by atomic mass is 9.79. The molecule has 1 atom stereocenters. The summed E-state index contributed by atoms with van der Waals surface area (Å²) in [6.45, 7) is 5.88. The van der Waals surface area contributed by atoms with Gasteiger partial charge in [0.1, 0.15) is 18.1 Å². The number of aryl methyl sites for hydroxylation is 1. The molecule has 4 aromatic rings. The Morgan fingerprint density at radius 2 is 1.87 bits per heavy atom. The maximum absolute atomic E-state index is 14.9. The van der Waals surface area contributed by atoms with Crippen molar-refractivity contribution < 1.29 is 35.9 Å². The molecular formula is C30H34F6N8O2. The minimum absolute atomic E-state index is 0.0577. The maximum atomic E-state index is 14.9. The van der Waals surface area contributed by atoms with E-state index in [1.165, 1.54) is 22.9 Å². The number of amides is 1. The number of benzene rings is 1. The molecule has 5 rings (SSSR count). The van der Waals surface area contributed by atoms with E-state index in [4.69, 9.17) is 5.73 Å². The molecule has 10 nitrogen and oxygen atoms in total. The number of carbonyl (C=O) groups is 2. The van der Waals surface area contributed by atoms with E-state index >= 15 is 0 Å². The van der Waals surface area contributed by atoms with E-state index < -0.39 is 42.1 Å². The number of nitrogens with zero attached hydrogens (tertiary/aromatic N) is 5. The smallest absolute Gasteiger partial charge is 0.349 e. The number of alkyl halides is 5. The molecule has 0 bridgehead atoms. The normalized spacial score (nSPS) is 16.9. The second kappa shape index (κ2) is 13.9. The van der Waals surface area contributed by atoms with Crippen LogP contribution in [0.3, 0.4) is 0 Å². The van der Waals surface area contributed by atoms with Gasteiger partial charge in [0.2, 0.25) is 0 Å². The van der Waals surface area contributed by atoms with E-state index in [0.29, 0.717) is 34.4 Å². The van der Waals surface area contributed by atoms with Crippen LogP contribution in [0.4, 0.5) is 37.8 Å². The van der Waals surface area contributed by atoms with Crippen molar-refractivity contribution >= 4 is 28.8 Å². The fourth-order valence-electron chi connectivity index (χ4n) is 4.89. The highest BCUT2D eigenvalue weighted by molar-refractivity contribution is 5.96. The lowest BCUT2D eigenvalue weighted by molar-refractivity contribution is -0.141. The Balaban J connectivity index is 0.000000523. The van der Waals surface area contributed by atoms with Gasteiger partial charge in [0, 0.05) is 42.3 Å². The summed E-state index contributed by atoms with van der Waals surface area (Å²) in [5.74, 6) is -0.642. The predicted molar refractivity (Wildman–Crippen MR) is 158 cm³/mol. The van der Waals surface area contributed by atoms with Crippen LogP contribution in [0, 0.1) is 18.7 Å². The highest BCUT2D eigenvalue weighted by atomic mass is 19.4. The first-order chi connectivity index (χ1) is 21.6. The molecule has 1 aliphatic carbocycles. The van der Waals surface area contributed by atoms with Gasteiger partial charge in [0.25, 0.3) is 12.3 Å². The Morgan fingerprint density at radius 3 is 2.41 bits per heavy atom. The average Bonchev–Trinajstić information content (AvgIpc) is 3.55. The van der Waals surface area contributed by atoms with Crippen molar-refractivity contribution in [2.75, 3.05) is 5.32 Å². The average molecular weight is 653 g/mol. The fourth-order valence-corrected chi connectivity index (χ4v) is 4.89. The molecule has 1 aromatic carbocycles. The predicted octanol–water partition coefficient (Wildman–Crippen LogP) is 5.91. The number of nitrogens with one attached hydrogen (secondary N) is 2. The molecule has 0 radical (unpaired) electrons. The number of rotatable bonds is 9. The van der Waals surface area contributed by atoms with Gasteiger partial charge < -0.3 is 16.4 Å². The molecule has 0 spiro atoms. The Hall–Kier alpha value is -4.47. The molecule has 46 heavy (non-hydrogen) atoms. The summed E-state index contributed by atoms with van der Waals surface area (Å²) in [6.07, 6.45) is -0.656. The van der Waals surface area contributed by atoms with Gasteiger partial charge in [-0.3, -0.25) is 18.7 Å². The van der Waals surface area contributed by atoms with Crippen LogP contribution in [0.25, 0.3) is 16.9 Å². The van der Waals surface area contributed by atoms with Crippen molar-refractivity contribution in [3.8, 4) is 11.3 Å². The number of hydrogen-bond donors (Lipinski definition) is 3. The first kappa shape index (κ1) is 34.4. The number of halogens is 6. The highest BCUT2D eigenvalue weighted by Crippen LogP contribution is 2.37. The SMILES string of the molecule is CC(=O)C1CC(N)C1.CCC(C)NC(=O)c1c(C)cc(Nc2nccn3c(-c4cn(CC(F)F)nc4C(F)(F)F)cnc23)cc1F. The van der Waals surface area contributed by atoms with Gasteiger partial charge in [-0.1, -0.05) is 6.92 Å². The standard InChI is InChI=1S/C24H23F6N7O.C6H11NO/c1-4-13(3)33-23(38)19-12(2)7-14(8-16(19)25)34-21-22-32-9-17(37(22)6-5-31-21)15-10-36(11-18(26)27)35-20(15)24(28,29)30;1-4(8)5-2-6(7)3-5/h5-10,13,18H,4,11H2,1-3H3,(H,31,34)(H,33,38);5-6H,2-3,7H2,1H3. The van der Waals surface area contributed by atoms with Crippen LogP contribution in [0.2, 0.25) is 0 Å². The minimum atomic E-state index is -4.90. The van der Waals surface area contributed by atoms with Crippen molar-refractivity contribution in [2.24, 2.45) is 11.7 Å². The third-order valence-corrected chi connectivity index (χ3v) is 7.58. The monoisotopic (exact) mass is 652 g/mol.